The highest BCUT2D eigenvalue weighted by Gasteiger charge is 2.22. The molecular formula is C10H21NO2. The molecule has 0 saturated heterocycles. The van der Waals surface area contributed by atoms with Gasteiger partial charge in [0.05, 0.1) is 7.11 Å². The van der Waals surface area contributed by atoms with Crippen LogP contribution in [-0.2, 0) is 9.53 Å². The second kappa shape index (κ2) is 4.61. The third kappa shape index (κ3) is 4.88. The van der Waals surface area contributed by atoms with Crippen molar-refractivity contribution in [3.05, 3.63) is 0 Å². The molecule has 1 unspecified atom stereocenters. The van der Waals surface area contributed by atoms with Gasteiger partial charge in [-0.25, -0.2) is 0 Å². The van der Waals surface area contributed by atoms with Crippen LogP contribution in [0.25, 0.3) is 0 Å². The quantitative estimate of drug-likeness (QED) is 0.627. The molecule has 0 radical (unpaired) electrons. The lowest BCUT2D eigenvalue weighted by Gasteiger charge is -2.29. The molecule has 0 aliphatic rings. The van der Waals surface area contributed by atoms with Gasteiger partial charge in [-0.2, -0.15) is 0 Å². The maximum Gasteiger partial charge on any atom is 0.322 e. The number of hydrogen-bond acceptors (Lipinski definition) is 3. The van der Waals surface area contributed by atoms with Crippen LogP contribution in [0.4, 0.5) is 0 Å². The summed E-state index contributed by atoms with van der Waals surface area (Å²) in [5, 5.41) is 0. The maximum atomic E-state index is 11.2. The fourth-order valence-electron chi connectivity index (χ4n) is 1.24. The summed E-state index contributed by atoms with van der Waals surface area (Å²) >= 11 is 0. The first-order valence-electron chi connectivity index (χ1n) is 4.56. The van der Waals surface area contributed by atoms with Gasteiger partial charge in [-0.15, -0.1) is 0 Å². The van der Waals surface area contributed by atoms with E-state index in [9.17, 15) is 4.79 Å². The van der Waals surface area contributed by atoms with Gasteiger partial charge < -0.3 is 4.74 Å². The van der Waals surface area contributed by atoms with Gasteiger partial charge in [0.15, 0.2) is 0 Å². The average molecular weight is 187 g/mol. The summed E-state index contributed by atoms with van der Waals surface area (Å²) < 4.78 is 4.67. The molecule has 13 heavy (non-hydrogen) atoms. The van der Waals surface area contributed by atoms with Crippen LogP contribution in [0.2, 0.25) is 0 Å². The van der Waals surface area contributed by atoms with Crippen LogP contribution in [0, 0.1) is 5.41 Å². The van der Waals surface area contributed by atoms with Gasteiger partial charge in [0.25, 0.3) is 0 Å². The van der Waals surface area contributed by atoms with Crippen molar-refractivity contribution in [2.75, 3.05) is 20.7 Å². The Hall–Kier alpha value is -0.570. The van der Waals surface area contributed by atoms with Gasteiger partial charge in [0, 0.05) is 6.54 Å². The monoisotopic (exact) mass is 187 g/mol. The topological polar surface area (TPSA) is 29.5 Å². The molecule has 3 heteroatoms. The van der Waals surface area contributed by atoms with Gasteiger partial charge in [-0.3, -0.25) is 9.69 Å². The molecule has 3 nitrogen and oxygen atoms in total. The average Bonchev–Trinajstić information content (AvgIpc) is 1.98. The van der Waals surface area contributed by atoms with Gasteiger partial charge >= 0.3 is 5.97 Å². The molecule has 0 heterocycles. The van der Waals surface area contributed by atoms with Crippen molar-refractivity contribution in [1.82, 2.24) is 4.90 Å². The van der Waals surface area contributed by atoms with Crippen LogP contribution in [0.15, 0.2) is 0 Å². The van der Waals surface area contributed by atoms with E-state index >= 15 is 0 Å². The van der Waals surface area contributed by atoms with E-state index in [1.54, 1.807) is 0 Å². The minimum Gasteiger partial charge on any atom is -0.468 e. The number of likely N-dealkylation sites (N-methyl/N-ethyl adjacent to an activating group) is 1. The zero-order valence-electron chi connectivity index (χ0n) is 9.55. The molecule has 0 aliphatic carbocycles. The summed E-state index contributed by atoms with van der Waals surface area (Å²) in [5.74, 6) is -0.174. The fraction of sp³-hybridized carbons (Fsp3) is 0.900. The van der Waals surface area contributed by atoms with Crippen LogP contribution < -0.4 is 0 Å². The number of hydrogen-bond donors (Lipinski definition) is 0. The first kappa shape index (κ1) is 12.4. The van der Waals surface area contributed by atoms with Crippen molar-refractivity contribution in [3.8, 4) is 0 Å². The second-order valence-electron chi connectivity index (χ2n) is 4.67. The number of carbonyl (C=O) groups is 1. The number of rotatable bonds is 3. The van der Waals surface area contributed by atoms with E-state index in [-0.39, 0.29) is 17.4 Å². The van der Waals surface area contributed by atoms with E-state index in [4.69, 9.17) is 0 Å². The van der Waals surface area contributed by atoms with Crippen LogP contribution >= 0.6 is 0 Å². The lowest BCUT2D eigenvalue weighted by molar-refractivity contribution is -0.146. The molecule has 0 aromatic heterocycles. The van der Waals surface area contributed by atoms with E-state index in [0.717, 1.165) is 6.54 Å². The Bertz CT molecular complexity index is 172. The van der Waals surface area contributed by atoms with E-state index in [0.29, 0.717) is 0 Å². The van der Waals surface area contributed by atoms with E-state index in [1.807, 2.05) is 18.9 Å². The van der Waals surface area contributed by atoms with Crippen molar-refractivity contribution in [2.24, 2.45) is 5.41 Å². The first-order valence-corrected chi connectivity index (χ1v) is 4.56. The SMILES string of the molecule is COC(=O)C(C)N(C)CC(C)(C)C. The summed E-state index contributed by atoms with van der Waals surface area (Å²) in [6.07, 6.45) is 0. The van der Waals surface area contributed by atoms with Crippen LogP contribution in [0.3, 0.4) is 0 Å². The Balaban J connectivity index is 4.11. The number of carbonyl (C=O) groups excluding carboxylic acids is 1. The molecule has 0 spiro atoms. The standard InChI is InChI=1S/C10H21NO2/c1-8(9(12)13-6)11(5)7-10(2,3)4/h8H,7H2,1-6H3. The van der Waals surface area contributed by atoms with Crippen molar-refractivity contribution < 1.29 is 9.53 Å². The Kier molecular flexibility index (Phi) is 4.40. The zero-order chi connectivity index (χ0) is 10.6. The smallest absolute Gasteiger partial charge is 0.322 e. The summed E-state index contributed by atoms with van der Waals surface area (Å²) in [6, 6.07) is -0.163. The Morgan fingerprint density at radius 3 is 2.23 bits per heavy atom. The summed E-state index contributed by atoms with van der Waals surface area (Å²) in [6.45, 7) is 9.18. The van der Waals surface area contributed by atoms with E-state index in [2.05, 4.69) is 25.5 Å². The van der Waals surface area contributed by atoms with Crippen molar-refractivity contribution in [1.29, 1.82) is 0 Å². The van der Waals surface area contributed by atoms with Crippen molar-refractivity contribution in [3.63, 3.8) is 0 Å². The second-order valence-corrected chi connectivity index (χ2v) is 4.67. The molecule has 0 rings (SSSR count). The Morgan fingerprint density at radius 1 is 1.46 bits per heavy atom. The normalized spacial score (nSPS) is 14.4. The molecule has 78 valence electrons. The number of nitrogens with zero attached hydrogens (tertiary/aromatic N) is 1. The molecule has 0 saturated carbocycles. The summed E-state index contributed by atoms with van der Waals surface area (Å²) in [4.78, 5) is 13.2. The number of ether oxygens (including phenoxy) is 1. The zero-order valence-corrected chi connectivity index (χ0v) is 9.55. The highest BCUT2D eigenvalue weighted by molar-refractivity contribution is 5.75. The Morgan fingerprint density at radius 2 is 1.92 bits per heavy atom. The maximum absolute atomic E-state index is 11.2. The highest BCUT2D eigenvalue weighted by atomic mass is 16.5. The Labute approximate surface area is 81.1 Å². The van der Waals surface area contributed by atoms with E-state index in [1.165, 1.54) is 7.11 Å². The minimum atomic E-state index is -0.174. The molecular weight excluding hydrogens is 166 g/mol. The largest absolute Gasteiger partial charge is 0.468 e. The third-order valence-corrected chi connectivity index (χ3v) is 1.93. The lowest BCUT2D eigenvalue weighted by atomic mass is 9.96. The predicted octanol–water partition coefficient (Wildman–Crippen LogP) is 1.53. The van der Waals surface area contributed by atoms with Crippen LogP contribution in [0.1, 0.15) is 27.7 Å². The lowest BCUT2D eigenvalue weighted by Crippen LogP contribution is -2.41. The third-order valence-electron chi connectivity index (χ3n) is 1.93. The molecule has 0 N–H and O–H groups in total. The van der Waals surface area contributed by atoms with Gasteiger partial charge in [-0.05, 0) is 19.4 Å². The summed E-state index contributed by atoms with van der Waals surface area (Å²) in [5.41, 5.74) is 0.205. The van der Waals surface area contributed by atoms with E-state index < -0.39 is 0 Å². The molecule has 0 aromatic carbocycles. The van der Waals surface area contributed by atoms with Gasteiger partial charge in [0.1, 0.15) is 6.04 Å². The summed E-state index contributed by atoms with van der Waals surface area (Å²) in [7, 11) is 3.36. The van der Waals surface area contributed by atoms with Crippen molar-refractivity contribution >= 4 is 5.97 Å². The molecule has 0 aromatic rings. The van der Waals surface area contributed by atoms with Gasteiger partial charge in [0.2, 0.25) is 0 Å². The number of esters is 1. The molecule has 0 aliphatic heterocycles. The van der Waals surface area contributed by atoms with Gasteiger partial charge in [-0.1, -0.05) is 20.8 Å². The van der Waals surface area contributed by atoms with Crippen LogP contribution in [-0.4, -0.2) is 37.6 Å². The predicted molar refractivity (Wildman–Crippen MR) is 53.6 cm³/mol. The first-order chi connectivity index (χ1) is 5.78. The molecule has 0 amide bonds. The van der Waals surface area contributed by atoms with Crippen molar-refractivity contribution in [2.45, 2.75) is 33.7 Å². The molecule has 0 bridgehead atoms. The number of methoxy groups -OCH3 is 1. The van der Waals surface area contributed by atoms with Crippen LogP contribution in [0.5, 0.6) is 0 Å². The molecule has 0 fully saturated rings. The minimum absolute atomic E-state index is 0.163. The highest BCUT2D eigenvalue weighted by Crippen LogP contribution is 2.15. The molecule has 1 atom stereocenters. The fourth-order valence-corrected chi connectivity index (χ4v) is 1.24.